The number of carbonyl (C=O) groups is 2. The first-order chi connectivity index (χ1) is 8.43. The fourth-order valence-corrected chi connectivity index (χ4v) is 2.04. The summed E-state index contributed by atoms with van der Waals surface area (Å²) in [5.74, 6) is -0.775. The average Bonchev–Trinajstić information content (AvgIpc) is 2.26. The van der Waals surface area contributed by atoms with Gasteiger partial charge >= 0.3 is 11.9 Å². The Kier molecular flexibility index (Phi) is 5.25. The van der Waals surface area contributed by atoms with E-state index in [1.807, 2.05) is 0 Å². The van der Waals surface area contributed by atoms with E-state index >= 15 is 0 Å². The van der Waals surface area contributed by atoms with Crippen LogP contribution in [-0.4, -0.2) is 23.9 Å². The van der Waals surface area contributed by atoms with Gasteiger partial charge in [0.2, 0.25) is 12.0 Å². The first-order valence-corrected chi connectivity index (χ1v) is 6.22. The number of ether oxygens (including phenoxy) is 2. The molecule has 0 spiro atoms. The van der Waals surface area contributed by atoms with Gasteiger partial charge in [-0.3, -0.25) is 9.59 Å². The zero-order valence-electron chi connectivity index (χ0n) is 11.1. The highest BCUT2D eigenvalue weighted by Crippen LogP contribution is 2.33. The van der Waals surface area contributed by atoms with E-state index in [9.17, 15) is 9.59 Å². The molecular weight excluding hydrogens is 236 g/mol. The molecule has 6 heteroatoms. The first kappa shape index (κ1) is 14.6. The molecule has 0 aliphatic heterocycles. The van der Waals surface area contributed by atoms with Crippen molar-refractivity contribution >= 4 is 11.9 Å². The van der Waals surface area contributed by atoms with E-state index in [1.165, 1.54) is 13.8 Å². The third kappa shape index (κ3) is 4.81. The predicted octanol–water partition coefficient (Wildman–Crippen LogP) is 2.57. The smallest absolute Gasteiger partial charge is 0.304 e. The van der Waals surface area contributed by atoms with Crippen molar-refractivity contribution in [3.63, 3.8) is 0 Å². The lowest BCUT2D eigenvalue weighted by atomic mass is 9.92. The van der Waals surface area contributed by atoms with Crippen LogP contribution in [0.2, 0.25) is 0 Å². The van der Waals surface area contributed by atoms with Crippen molar-refractivity contribution in [1.82, 2.24) is 0 Å². The number of hydrogen-bond acceptors (Lipinski definition) is 6. The van der Waals surface area contributed by atoms with Gasteiger partial charge in [0.05, 0.1) is 0 Å². The summed E-state index contributed by atoms with van der Waals surface area (Å²) in [6.45, 7) is 4.30. The highest BCUT2D eigenvalue weighted by atomic mass is 16.6. The van der Waals surface area contributed by atoms with Crippen LogP contribution in [0.5, 0.6) is 0 Å². The van der Waals surface area contributed by atoms with Gasteiger partial charge < -0.3 is 9.47 Å². The summed E-state index contributed by atoms with van der Waals surface area (Å²) in [4.78, 5) is 21.9. The highest BCUT2D eigenvalue weighted by molar-refractivity contribution is 5.66. The van der Waals surface area contributed by atoms with Crippen LogP contribution in [0.3, 0.4) is 0 Å². The van der Waals surface area contributed by atoms with Crippen molar-refractivity contribution in [2.75, 3.05) is 0 Å². The van der Waals surface area contributed by atoms with Crippen LogP contribution in [0.1, 0.15) is 52.9 Å². The summed E-state index contributed by atoms with van der Waals surface area (Å²) in [7, 11) is 0. The molecule has 0 bridgehead atoms. The van der Waals surface area contributed by atoms with Crippen molar-refractivity contribution in [3.8, 4) is 0 Å². The van der Waals surface area contributed by atoms with Crippen LogP contribution >= 0.6 is 0 Å². The van der Waals surface area contributed by atoms with Gasteiger partial charge in [-0.1, -0.05) is 6.42 Å². The minimum absolute atomic E-state index is 0.365. The molecule has 1 atom stereocenters. The SMILES string of the molecule is CC(=O)OC(C)/N=N/C1(OC(C)=O)CCCCC1. The largest absolute Gasteiger partial charge is 0.439 e. The van der Waals surface area contributed by atoms with Crippen LogP contribution in [-0.2, 0) is 19.1 Å². The molecule has 0 amide bonds. The molecule has 0 saturated heterocycles. The van der Waals surface area contributed by atoms with E-state index in [0.717, 1.165) is 19.3 Å². The van der Waals surface area contributed by atoms with E-state index in [2.05, 4.69) is 10.2 Å². The Bertz CT molecular complexity index is 335. The molecular formula is C12H20N2O4. The Balaban J connectivity index is 2.68. The van der Waals surface area contributed by atoms with E-state index < -0.39 is 17.9 Å². The fourth-order valence-electron chi connectivity index (χ4n) is 2.04. The monoisotopic (exact) mass is 256 g/mol. The third-order valence-corrected chi connectivity index (χ3v) is 2.71. The molecule has 0 aromatic rings. The quantitative estimate of drug-likeness (QED) is 0.572. The average molecular weight is 256 g/mol. The van der Waals surface area contributed by atoms with Gasteiger partial charge in [-0.2, -0.15) is 0 Å². The summed E-state index contributed by atoms with van der Waals surface area (Å²) < 4.78 is 10.1. The fraction of sp³-hybridized carbons (Fsp3) is 0.833. The zero-order valence-corrected chi connectivity index (χ0v) is 11.1. The highest BCUT2D eigenvalue weighted by Gasteiger charge is 2.35. The first-order valence-electron chi connectivity index (χ1n) is 6.22. The molecule has 0 heterocycles. The van der Waals surface area contributed by atoms with E-state index in [0.29, 0.717) is 12.8 Å². The Morgan fingerprint density at radius 3 is 2.22 bits per heavy atom. The standard InChI is InChI=1S/C12H20N2O4/c1-9(17-10(2)15)13-14-12(18-11(3)16)7-5-4-6-8-12/h9H,4-8H2,1-3H3/b14-13+. The van der Waals surface area contributed by atoms with Crippen LogP contribution in [0.15, 0.2) is 10.2 Å². The molecule has 1 saturated carbocycles. The Morgan fingerprint density at radius 1 is 1.11 bits per heavy atom. The molecule has 0 aromatic carbocycles. The van der Waals surface area contributed by atoms with Gasteiger partial charge in [0, 0.05) is 26.7 Å². The number of rotatable bonds is 4. The third-order valence-electron chi connectivity index (χ3n) is 2.71. The van der Waals surface area contributed by atoms with E-state index in [4.69, 9.17) is 9.47 Å². The van der Waals surface area contributed by atoms with Gasteiger partial charge in [0.25, 0.3) is 0 Å². The molecule has 0 radical (unpaired) electrons. The van der Waals surface area contributed by atoms with Gasteiger partial charge in [0.1, 0.15) is 0 Å². The van der Waals surface area contributed by atoms with Gasteiger partial charge in [0.15, 0.2) is 0 Å². The number of hydrogen-bond donors (Lipinski definition) is 0. The topological polar surface area (TPSA) is 77.3 Å². The number of nitrogens with zero attached hydrogens (tertiary/aromatic N) is 2. The number of esters is 2. The molecule has 1 aliphatic carbocycles. The normalized spacial score (nSPS) is 20.4. The van der Waals surface area contributed by atoms with E-state index in [-0.39, 0.29) is 5.97 Å². The van der Waals surface area contributed by atoms with Crippen molar-refractivity contribution in [1.29, 1.82) is 0 Å². The maximum atomic E-state index is 11.1. The summed E-state index contributed by atoms with van der Waals surface area (Å²) in [5, 5.41) is 8.03. The van der Waals surface area contributed by atoms with Gasteiger partial charge in [-0.15, -0.1) is 10.2 Å². The molecule has 6 nitrogen and oxygen atoms in total. The second kappa shape index (κ2) is 6.47. The number of carbonyl (C=O) groups excluding carboxylic acids is 2. The maximum Gasteiger partial charge on any atom is 0.304 e. The van der Waals surface area contributed by atoms with Crippen molar-refractivity contribution < 1.29 is 19.1 Å². The zero-order chi connectivity index (χ0) is 13.6. The predicted molar refractivity (Wildman–Crippen MR) is 63.7 cm³/mol. The van der Waals surface area contributed by atoms with Crippen molar-refractivity contribution in [3.05, 3.63) is 0 Å². The van der Waals surface area contributed by atoms with Crippen LogP contribution in [0, 0.1) is 0 Å². The Morgan fingerprint density at radius 2 is 1.72 bits per heavy atom. The molecule has 18 heavy (non-hydrogen) atoms. The van der Waals surface area contributed by atoms with E-state index in [1.54, 1.807) is 6.92 Å². The lowest BCUT2D eigenvalue weighted by Crippen LogP contribution is -2.34. The van der Waals surface area contributed by atoms with Crippen LogP contribution in [0.4, 0.5) is 0 Å². The summed E-state index contributed by atoms with van der Waals surface area (Å²) >= 11 is 0. The van der Waals surface area contributed by atoms with Gasteiger partial charge in [-0.25, -0.2) is 0 Å². The van der Waals surface area contributed by atoms with Crippen molar-refractivity contribution in [2.24, 2.45) is 10.2 Å². The second-order valence-electron chi connectivity index (χ2n) is 4.52. The molecule has 1 unspecified atom stereocenters. The van der Waals surface area contributed by atoms with Crippen LogP contribution in [0.25, 0.3) is 0 Å². The Hall–Kier alpha value is -1.46. The second-order valence-corrected chi connectivity index (χ2v) is 4.52. The minimum atomic E-state index is -0.863. The van der Waals surface area contributed by atoms with Crippen molar-refractivity contribution in [2.45, 2.75) is 64.8 Å². The number of azo groups is 1. The van der Waals surface area contributed by atoms with Crippen LogP contribution < -0.4 is 0 Å². The Labute approximate surface area is 107 Å². The molecule has 1 rings (SSSR count). The molecule has 0 aromatic heterocycles. The van der Waals surface area contributed by atoms with Gasteiger partial charge in [-0.05, 0) is 19.8 Å². The lowest BCUT2D eigenvalue weighted by molar-refractivity contribution is -0.161. The summed E-state index contributed by atoms with van der Waals surface area (Å²) in [6, 6.07) is 0. The summed E-state index contributed by atoms with van der Waals surface area (Å²) in [5.41, 5.74) is -0.863. The molecule has 1 aliphatic rings. The lowest BCUT2D eigenvalue weighted by Gasteiger charge is -2.31. The molecule has 1 fully saturated rings. The minimum Gasteiger partial charge on any atom is -0.439 e. The maximum absolute atomic E-state index is 11.1. The summed E-state index contributed by atoms with van der Waals surface area (Å²) in [6.07, 6.45) is 3.70. The molecule has 0 N–H and O–H groups in total. The molecule has 102 valence electrons.